The first-order valence-electron chi connectivity index (χ1n) is 2.74. The van der Waals surface area contributed by atoms with Crippen LogP contribution in [-0.4, -0.2) is 11.6 Å². The molecular weight excluding hydrogens is 248 g/mol. The molecule has 0 fully saturated rings. The number of allylic oxidation sites excluding steroid dienone is 1. The lowest BCUT2D eigenvalue weighted by atomic mass is 10.1. The van der Waals surface area contributed by atoms with Crippen LogP contribution in [0.1, 0.15) is 6.92 Å². The lowest BCUT2D eigenvalue weighted by Gasteiger charge is -2.15. The van der Waals surface area contributed by atoms with E-state index in [1.54, 1.807) is 6.21 Å². The Morgan fingerprint density at radius 1 is 1.78 bits per heavy atom. The molecule has 2 atom stereocenters. The topological polar surface area (TPSA) is 12.4 Å². The van der Waals surface area contributed by atoms with E-state index in [4.69, 9.17) is 11.6 Å². The molecule has 3 heteroatoms. The maximum atomic E-state index is 5.87. The highest BCUT2D eigenvalue weighted by Gasteiger charge is 2.17. The third-order valence-corrected chi connectivity index (χ3v) is 3.09. The van der Waals surface area contributed by atoms with Gasteiger partial charge < -0.3 is 0 Å². The molecule has 0 aromatic rings. The van der Waals surface area contributed by atoms with E-state index in [0.717, 1.165) is 0 Å². The number of nitrogens with zero attached hydrogens (tertiary/aromatic N) is 1. The summed E-state index contributed by atoms with van der Waals surface area (Å²) in [5, 5.41) is 0.0851. The van der Waals surface area contributed by atoms with E-state index in [9.17, 15) is 0 Å². The van der Waals surface area contributed by atoms with Crippen LogP contribution in [-0.2, 0) is 0 Å². The molecule has 50 valence electrons. The van der Waals surface area contributed by atoms with Gasteiger partial charge in [-0.05, 0) is 22.6 Å². The smallest absolute Gasteiger partial charge is 0.0758 e. The summed E-state index contributed by atoms with van der Waals surface area (Å²) >= 11 is 8.13. The Morgan fingerprint density at radius 2 is 2.44 bits per heavy atom. The van der Waals surface area contributed by atoms with Crippen molar-refractivity contribution in [3.05, 3.63) is 9.78 Å². The Bertz CT molecular complexity index is 164. The molecule has 2 unspecified atom stereocenters. The van der Waals surface area contributed by atoms with Gasteiger partial charge in [-0.1, -0.05) is 6.92 Å². The molecule has 1 heterocycles. The van der Waals surface area contributed by atoms with Gasteiger partial charge in [-0.3, -0.25) is 4.99 Å². The second kappa shape index (κ2) is 3.01. The highest BCUT2D eigenvalue weighted by molar-refractivity contribution is 14.1. The maximum absolute atomic E-state index is 5.87. The molecule has 1 nitrogen and oxygen atoms in total. The van der Waals surface area contributed by atoms with Gasteiger partial charge in [0, 0.05) is 21.9 Å². The van der Waals surface area contributed by atoms with Crippen LogP contribution in [0.3, 0.4) is 0 Å². The zero-order valence-corrected chi connectivity index (χ0v) is 7.93. The predicted octanol–water partition coefficient (Wildman–Crippen LogP) is 2.59. The van der Waals surface area contributed by atoms with Crippen LogP contribution < -0.4 is 0 Å². The number of aliphatic imine (C=N–C) groups is 1. The van der Waals surface area contributed by atoms with Gasteiger partial charge in [0.2, 0.25) is 0 Å². The molecule has 0 N–H and O–H groups in total. The van der Waals surface area contributed by atoms with Crippen molar-refractivity contribution in [2.75, 3.05) is 0 Å². The maximum Gasteiger partial charge on any atom is 0.0758 e. The zero-order chi connectivity index (χ0) is 6.85. The molecule has 9 heavy (non-hydrogen) atoms. The summed E-state index contributed by atoms with van der Waals surface area (Å²) in [6.07, 6.45) is 3.62. The number of halogens is 2. The van der Waals surface area contributed by atoms with Crippen molar-refractivity contribution in [2.45, 2.75) is 12.3 Å². The second-order valence-electron chi connectivity index (χ2n) is 2.05. The zero-order valence-electron chi connectivity index (χ0n) is 5.01. The number of alkyl halides is 1. The molecule has 0 saturated heterocycles. The molecule has 1 rings (SSSR count). The average molecular weight is 255 g/mol. The van der Waals surface area contributed by atoms with Crippen LogP contribution in [0.5, 0.6) is 0 Å². The minimum absolute atomic E-state index is 0.0851. The molecule has 0 radical (unpaired) electrons. The van der Waals surface area contributed by atoms with Gasteiger partial charge in [-0.15, -0.1) is 11.6 Å². The van der Waals surface area contributed by atoms with E-state index < -0.39 is 0 Å². The fourth-order valence-corrected chi connectivity index (χ4v) is 1.56. The van der Waals surface area contributed by atoms with E-state index in [-0.39, 0.29) is 5.38 Å². The van der Waals surface area contributed by atoms with E-state index >= 15 is 0 Å². The quantitative estimate of drug-likeness (QED) is 0.466. The average Bonchev–Trinajstić information content (AvgIpc) is 1.83. The van der Waals surface area contributed by atoms with Gasteiger partial charge in [-0.2, -0.15) is 0 Å². The van der Waals surface area contributed by atoms with Crippen molar-refractivity contribution >= 4 is 40.4 Å². The third-order valence-electron chi connectivity index (χ3n) is 1.34. The van der Waals surface area contributed by atoms with Crippen molar-refractivity contribution < 1.29 is 0 Å². The summed E-state index contributed by atoms with van der Waals surface area (Å²) in [6, 6.07) is 0. The van der Waals surface area contributed by atoms with Crippen molar-refractivity contribution in [3.8, 4) is 0 Å². The Labute approximate surface area is 73.3 Å². The third kappa shape index (κ3) is 1.67. The molecular formula is C6H7ClIN. The summed E-state index contributed by atoms with van der Waals surface area (Å²) < 4.78 is 1.23. The highest BCUT2D eigenvalue weighted by atomic mass is 127. The lowest BCUT2D eigenvalue weighted by molar-refractivity contribution is 0.766. The molecule has 1 aliphatic rings. The van der Waals surface area contributed by atoms with Crippen molar-refractivity contribution in [1.82, 2.24) is 0 Å². The Hall–Kier alpha value is 0.430. The summed E-state index contributed by atoms with van der Waals surface area (Å²) in [7, 11) is 0. The molecule has 0 saturated carbocycles. The largest absolute Gasteiger partial charge is 0.267 e. The van der Waals surface area contributed by atoms with Gasteiger partial charge in [0.1, 0.15) is 0 Å². The van der Waals surface area contributed by atoms with Gasteiger partial charge in [0.05, 0.1) is 5.38 Å². The van der Waals surface area contributed by atoms with Crippen molar-refractivity contribution in [3.63, 3.8) is 0 Å². The minimum atomic E-state index is 0.0851. The summed E-state index contributed by atoms with van der Waals surface area (Å²) in [4.78, 5) is 3.96. The fourth-order valence-electron chi connectivity index (χ4n) is 0.595. The van der Waals surface area contributed by atoms with E-state index in [2.05, 4.69) is 34.5 Å². The molecule has 0 aromatic heterocycles. The molecule has 0 spiro atoms. The number of hydrogen-bond donors (Lipinski definition) is 0. The van der Waals surface area contributed by atoms with Gasteiger partial charge >= 0.3 is 0 Å². The van der Waals surface area contributed by atoms with Crippen LogP contribution in [0, 0.1) is 5.92 Å². The van der Waals surface area contributed by atoms with E-state index in [1.807, 2.05) is 6.20 Å². The first-order valence-corrected chi connectivity index (χ1v) is 4.26. The Kier molecular flexibility index (Phi) is 2.52. The number of hydrogen-bond acceptors (Lipinski definition) is 1. The first-order chi connectivity index (χ1) is 4.22. The van der Waals surface area contributed by atoms with Crippen molar-refractivity contribution in [2.24, 2.45) is 10.9 Å². The van der Waals surface area contributed by atoms with Crippen LogP contribution in [0.15, 0.2) is 14.8 Å². The molecule has 0 bridgehead atoms. The SMILES string of the molecule is CC1C(I)=CN=CC1Cl. The van der Waals surface area contributed by atoms with Crippen LogP contribution >= 0.6 is 34.2 Å². The molecule has 1 aliphatic heterocycles. The second-order valence-corrected chi connectivity index (χ2v) is 3.79. The molecule has 0 amide bonds. The van der Waals surface area contributed by atoms with E-state index in [0.29, 0.717) is 5.92 Å². The summed E-state index contributed by atoms with van der Waals surface area (Å²) in [5.41, 5.74) is 0. The molecule has 0 aliphatic carbocycles. The first kappa shape index (κ1) is 7.54. The Balaban J connectivity index is 2.73. The van der Waals surface area contributed by atoms with Gasteiger partial charge in [0.25, 0.3) is 0 Å². The van der Waals surface area contributed by atoms with Crippen LogP contribution in [0.25, 0.3) is 0 Å². The normalized spacial score (nSPS) is 34.3. The molecule has 0 aromatic carbocycles. The van der Waals surface area contributed by atoms with Crippen LogP contribution in [0.2, 0.25) is 0 Å². The minimum Gasteiger partial charge on any atom is -0.267 e. The highest BCUT2D eigenvalue weighted by Crippen LogP contribution is 2.26. The summed E-state index contributed by atoms with van der Waals surface area (Å²) in [5.74, 6) is 0.435. The van der Waals surface area contributed by atoms with Crippen molar-refractivity contribution in [1.29, 1.82) is 0 Å². The lowest BCUT2D eigenvalue weighted by Crippen LogP contribution is -2.15. The van der Waals surface area contributed by atoms with E-state index in [1.165, 1.54) is 3.58 Å². The van der Waals surface area contributed by atoms with Gasteiger partial charge in [0.15, 0.2) is 0 Å². The monoisotopic (exact) mass is 255 g/mol. The number of rotatable bonds is 0. The Morgan fingerprint density at radius 3 is 2.89 bits per heavy atom. The fraction of sp³-hybridized carbons (Fsp3) is 0.500. The predicted molar refractivity (Wildman–Crippen MR) is 49.4 cm³/mol. The van der Waals surface area contributed by atoms with Crippen LogP contribution in [0.4, 0.5) is 0 Å². The summed E-state index contributed by atoms with van der Waals surface area (Å²) in [6.45, 7) is 2.10. The van der Waals surface area contributed by atoms with Gasteiger partial charge in [-0.25, -0.2) is 0 Å². The standard InChI is InChI=1S/C6H7ClIN/c1-4-5(7)2-9-3-6(4)8/h2-5H,1H3.